The van der Waals surface area contributed by atoms with E-state index in [4.69, 9.17) is 5.73 Å². The Bertz CT molecular complexity index is 387. The van der Waals surface area contributed by atoms with Crippen LogP contribution in [0.3, 0.4) is 0 Å². The van der Waals surface area contributed by atoms with Crippen LogP contribution in [0.5, 0.6) is 0 Å². The van der Waals surface area contributed by atoms with Gasteiger partial charge in [-0.2, -0.15) is 0 Å². The average molecular weight is 249 g/mol. The topological polar surface area (TPSA) is 58.4 Å². The van der Waals surface area contributed by atoms with Crippen molar-refractivity contribution in [1.82, 2.24) is 5.32 Å². The van der Waals surface area contributed by atoms with Gasteiger partial charge < -0.3 is 16.0 Å². The molecule has 1 aromatic carbocycles. The largest absolute Gasteiger partial charge is 0.399 e. The molecular formula is C14H23N3O. The van der Waals surface area contributed by atoms with Gasteiger partial charge in [0.25, 0.3) is 0 Å². The Morgan fingerprint density at radius 1 is 1.28 bits per heavy atom. The van der Waals surface area contributed by atoms with Crippen LogP contribution in [0.1, 0.15) is 20.8 Å². The maximum absolute atomic E-state index is 12.0. The van der Waals surface area contributed by atoms with Crippen molar-refractivity contribution in [2.45, 2.75) is 26.8 Å². The van der Waals surface area contributed by atoms with Crippen molar-refractivity contribution in [3.63, 3.8) is 0 Å². The molecule has 3 N–H and O–H groups in total. The minimum atomic E-state index is -0.202. The number of benzene rings is 1. The van der Waals surface area contributed by atoms with Crippen molar-refractivity contribution in [1.29, 1.82) is 0 Å². The summed E-state index contributed by atoms with van der Waals surface area (Å²) < 4.78 is 0. The fourth-order valence-electron chi connectivity index (χ4n) is 1.56. The summed E-state index contributed by atoms with van der Waals surface area (Å²) in [6, 6.07) is 7.31. The van der Waals surface area contributed by atoms with Crippen LogP contribution in [0.4, 0.5) is 11.4 Å². The summed E-state index contributed by atoms with van der Waals surface area (Å²) in [5.41, 5.74) is 7.35. The number of hydrogen-bond acceptors (Lipinski definition) is 3. The quantitative estimate of drug-likeness (QED) is 0.783. The zero-order valence-electron chi connectivity index (χ0n) is 11.6. The summed E-state index contributed by atoms with van der Waals surface area (Å²) in [4.78, 5) is 13.9. The molecule has 1 rings (SSSR count). The monoisotopic (exact) mass is 249 g/mol. The van der Waals surface area contributed by atoms with Gasteiger partial charge in [-0.25, -0.2) is 0 Å². The molecule has 0 saturated heterocycles. The van der Waals surface area contributed by atoms with Gasteiger partial charge in [0.2, 0.25) is 5.91 Å². The average Bonchev–Trinajstić information content (AvgIpc) is 2.35. The van der Waals surface area contributed by atoms with Crippen LogP contribution < -0.4 is 16.0 Å². The first-order chi connectivity index (χ1) is 8.41. The van der Waals surface area contributed by atoms with E-state index in [-0.39, 0.29) is 11.9 Å². The van der Waals surface area contributed by atoms with Crippen molar-refractivity contribution in [2.24, 2.45) is 5.92 Å². The lowest BCUT2D eigenvalue weighted by Crippen LogP contribution is -2.44. The van der Waals surface area contributed by atoms with Crippen molar-refractivity contribution in [3.05, 3.63) is 24.3 Å². The summed E-state index contributed by atoms with van der Waals surface area (Å²) in [5.74, 6) is 0.506. The number of anilines is 2. The number of nitrogens with zero attached hydrogens (tertiary/aromatic N) is 1. The molecule has 18 heavy (non-hydrogen) atoms. The molecule has 1 atom stereocenters. The lowest BCUT2D eigenvalue weighted by atomic mass is 10.2. The zero-order chi connectivity index (χ0) is 13.7. The van der Waals surface area contributed by atoms with Crippen LogP contribution in [0.25, 0.3) is 0 Å². The smallest absolute Gasteiger partial charge is 0.242 e. The number of nitrogens with two attached hydrogens (primary N) is 1. The molecule has 0 saturated carbocycles. The summed E-state index contributed by atoms with van der Waals surface area (Å²) >= 11 is 0. The number of amides is 1. The maximum atomic E-state index is 12.0. The van der Waals surface area contributed by atoms with Gasteiger partial charge >= 0.3 is 0 Å². The highest BCUT2D eigenvalue weighted by atomic mass is 16.2. The highest BCUT2D eigenvalue weighted by Crippen LogP contribution is 2.17. The number of likely N-dealkylation sites (N-methyl/N-ethyl adjacent to an activating group) is 1. The Balaban J connectivity index is 2.62. The SMILES string of the molecule is CC(C)CNC(=O)C(C)N(C)c1ccc(N)cc1. The third-order valence-corrected chi connectivity index (χ3v) is 2.95. The lowest BCUT2D eigenvalue weighted by molar-refractivity contribution is -0.122. The molecule has 1 unspecified atom stereocenters. The Kier molecular flexibility index (Phi) is 5.01. The highest BCUT2D eigenvalue weighted by molar-refractivity contribution is 5.84. The summed E-state index contributed by atoms with van der Waals surface area (Å²) in [6.45, 7) is 6.76. The normalized spacial score (nSPS) is 12.3. The van der Waals surface area contributed by atoms with Crippen molar-refractivity contribution in [2.75, 3.05) is 24.2 Å². The van der Waals surface area contributed by atoms with E-state index in [1.165, 1.54) is 0 Å². The molecule has 0 heterocycles. The molecule has 0 radical (unpaired) electrons. The van der Waals surface area contributed by atoms with Gasteiger partial charge in [0.15, 0.2) is 0 Å². The van der Waals surface area contributed by atoms with E-state index in [0.29, 0.717) is 12.5 Å². The Morgan fingerprint density at radius 3 is 2.33 bits per heavy atom. The second-order valence-electron chi connectivity index (χ2n) is 5.02. The minimum Gasteiger partial charge on any atom is -0.399 e. The van der Waals surface area contributed by atoms with Gasteiger partial charge in [-0.3, -0.25) is 4.79 Å². The number of nitrogens with one attached hydrogen (secondary N) is 1. The van der Waals surface area contributed by atoms with E-state index < -0.39 is 0 Å². The first kappa shape index (κ1) is 14.4. The fraction of sp³-hybridized carbons (Fsp3) is 0.500. The van der Waals surface area contributed by atoms with E-state index in [1.54, 1.807) is 0 Å². The predicted molar refractivity (Wildman–Crippen MR) is 76.6 cm³/mol. The predicted octanol–water partition coefficient (Wildman–Crippen LogP) is 1.87. The van der Waals surface area contributed by atoms with Gasteiger partial charge in [0, 0.05) is 25.0 Å². The summed E-state index contributed by atoms with van der Waals surface area (Å²) in [5, 5.41) is 2.94. The Labute approximate surface area is 109 Å². The van der Waals surface area contributed by atoms with E-state index in [1.807, 2.05) is 43.1 Å². The lowest BCUT2D eigenvalue weighted by Gasteiger charge is -2.26. The number of carbonyl (C=O) groups excluding carboxylic acids is 1. The highest BCUT2D eigenvalue weighted by Gasteiger charge is 2.18. The van der Waals surface area contributed by atoms with E-state index >= 15 is 0 Å². The second kappa shape index (κ2) is 6.28. The zero-order valence-corrected chi connectivity index (χ0v) is 11.6. The number of nitrogen functional groups attached to an aromatic ring is 1. The third kappa shape index (κ3) is 3.95. The molecule has 1 aromatic rings. The van der Waals surface area contributed by atoms with Crippen LogP contribution in [0.2, 0.25) is 0 Å². The molecule has 0 fully saturated rings. The first-order valence-electron chi connectivity index (χ1n) is 6.28. The minimum absolute atomic E-state index is 0.0445. The van der Waals surface area contributed by atoms with Crippen molar-refractivity contribution >= 4 is 17.3 Å². The van der Waals surface area contributed by atoms with Crippen LogP contribution >= 0.6 is 0 Å². The molecule has 0 aliphatic heterocycles. The molecule has 0 bridgehead atoms. The molecule has 0 aromatic heterocycles. The summed E-state index contributed by atoms with van der Waals surface area (Å²) in [7, 11) is 1.91. The Hall–Kier alpha value is -1.71. The summed E-state index contributed by atoms with van der Waals surface area (Å²) in [6.07, 6.45) is 0. The van der Waals surface area contributed by atoms with Gasteiger partial charge in [-0.1, -0.05) is 13.8 Å². The van der Waals surface area contributed by atoms with Gasteiger partial charge in [0.05, 0.1) is 0 Å². The molecule has 100 valence electrons. The van der Waals surface area contributed by atoms with Crippen LogP contribution in [-0.4, -0.2) is 25.5 Å². The Morgan fingerprint density at radius 2 is 1.83 bits per heavy atom. The molecule has 0 spiro atoms. The van der Waals surface area contributed by atoms with Crippen LogP contribution in [0.15, 0.2) is 24.3 Å². The fourth-order valence-corrected chi connectivity index (χ4v) is 1.56. The number of hydrogen-bond donors (Lipinski definition) is 2. The van der Waals surface area contributed by atoms with Crippen LogP contribution in [-0.2, 0) is 4.79 Å². The molecule has 1 amide bonds. The van der Waals surface area contributed by atoms with Crippen LogP contribution in [0, 0.1) is 5.92 Å². The van der Waals surface area contributed by atoms with E-state index in [0.717, 1.165) is 11.4 Å². The number of carbonyl (C=O) groups is 1. The molecule has 0 aliphatic rings. The van der Waals surface area contributed by atoms with E-state index in [9.17, 15) is 4.79 Å². The molecule has 0 aliphatic carbocycles. The standard InChI is InChI=1S/C14H23N3O/c1-10(2)9-16-14(18)11(3)17(4)13-7-5-12(15)6-8-13/h5-8,10-11H,9,15H2,1-4H3,(H,16,18). The van der Waals surface area contributed by atoms with Crippen molar-refractivity contribution < 1.29 is 4.79 Å². The first-order valence-corrected chi connectivity index (χ1v) is 6.28. The van der Waals surface area contributed by atoms with Gasteiger partial charge in [-0.15, -0.1) is 0 Å². The number of rotatable bonds is 5. The molecule has 4 nitrogen and oxygen atoms in total. The maximum Gasteiger partial charge on any atom is 0.242 e. The second-order valence-corrected chi connectivity index (χ2v) is 5.02. The van der Waals surface area contributed by atoms with Gasteiger partial charge in [0.1, 0.15) is 6.04 Å². The molecular weight excluding hydrogens is 226 g/mol. The molecule has 4 heteroatoms. The van der Waals surface area contributed by atoms with Crippen molar-refractivity contribution in [3.8, 4) is 0 Å². The van der Waals surface area contributed by atoms with Gasteiger partial charge in [-0.05, 0) is 37.1 Å². The third-order valence-electron chi connectivity index (χ3n) is 2.95. The van der Waals surface area contributed by atoms with E-state index in [2.05, 4.69) is 19.2 Å².